The number of rotatable bonds is 2. The molecule has 1 aliphatic carbocycles. The Hall–Kier alpha value is -2.16. The Morgan fingerprint density at radius 1 is 1.59 bits per heavy atom. The number of aliphatic hydroxyl groups excluding tert-OH is 2. The number of fused-ring (bicyclic) bond motifs is 1. The zero-order valence-corrected chi connectivity index (χ0v) is 12.0. The van der Waals surface area contributed by atoms with E-state index in [1.54, 1.807) is 16.8 Å². The second-order valence-electron chi connectivity index (χ2n) is 5.85. The van der Waals surface area contributed by atoms with Crippen molar-refractivity contribution in [1.82, 2.24) is 14.5 Å². The summed E-state index contributed by atoms with van der Waals surface area (Å²) in [5.74, 6) is -0.697. The molecule has 3 rings (SSSR count). The van der Waals surface area contributed by atoms with E-state index in [-0.39, 0.29) is 18.1 Å². The lowest BCUT2D eigenvalue weighted by Crippen LogP contribution is -2.42. The predicted molar refractivity (Wildman–Crippen MR) is 80.1 cm³/mol. The highest BCUT2D eigenvalue weighted by atomic mass is 16.3. The third-order valence-electron chi connectivity index (χ3n) is 4.44. The minimum absolute atomic E-state index is 0.0417. The van der Waals surface area contributed by atoms with E-state index in [4.69, 9.17) is 5.73 Å². The summed E-state index contributed by atoms with van der Waals surface area (Å²) < 4.78 is 1.56. The van der Waals surface area contributed by atoms with Gasteiger partial charge in [-0.15, -0.1) is 0 Å². The van der Waals surface area contributed by atoms with Crippen LogP contribution in [-0.4, -0.2) is 48.2 Å². The molecule has 1 fully saturated rings. The van der Waals surface area contributed by atoms with Crippen molar-refractivity contribution in [1.29, 1.82) is 0 Å². The van der Waals surface area contributed by atoms with Crippen molar-refractivity contribution in [2.75, 3.05) is 12.3 Å². The van der Waals surface area contributed by atoms with E-state index in [2.05, 4.69) is 16.5 Å². The lowest BCUT2D eigenvalue weighted by Gasteiger charge is -2.30. The number of nitrogens with one attached hydrogen (secondary N) is 1. The Labute approximate surface area is 125 Å². The van der Waals surface area contributed by atoms with E-state index in [1.165, 1.54) is 6.92 Å². The normalized spacial score (nSPS) is 32.0. The number of nitrogens with zero attached hydrogens (tertiary/aromatic N) is 2. The first kappa shape index (κ1) is 14.8. The minimum atomic E-state index is -1.56. The molecule has 2 aromatic rings. The van der Waals surface area contributed by atoms with Crippen molar-refractivity contribution in [3.05, 3.63) is 34.8 Å². The summed E-state index contributed by atoms with van der Waals surface area (Å²) in [6.07, 6.45) is 0.412. The Balaban J connectivity index is 2.23. The van der Waals surface area contributed by atoms with Crippen molar-refractivity contribution in [2.24, 2.45) is 5.92 Å². The van der Waals surface area contributed by atoms with Gasteiger partial charge in [0.15, 0.2) is 0 Å². The standard InChI is InChI=1S/C14H18N4O4/c1-6-8(5-19)10(20)14(2,22)9(6)18-4-3-7-11(18)16-13(15)17-12(7)21/h3-4,8-10,19-20,22H,1,5H2,2H3,(H3,15,16,17,21)/t8?,9?,10?,14-/m0/s1. The number of aromatic nitrogens is 3. The third-order valence-corrected chi connectivity index (χ3v) is 4.44. The van der Waals surface area contributed by atoms with Crippen LogP contribution in [0.3, 0.4) is 0 Å². The molecule has 0 spiro atoms. The summed E-state index contributed by atoms with van der Waals surface area (Å²) in [5, 5.41) is 30.7. The molecule has 6 N–H and O–H groups in total. The Morgan fingerprint density at radius 2 is 2.27 bits per heavy atom. The first-order valence-corrected chi connectivity index (χ1v) is 6.85. The van der Waals surface area contributed by atoms with Gasteiger partial charge in [-0.25, -0.2) is 0 Å². The molecule has 2 aromatic heterocycles. The molecule has 3 unspecified atom stereocenters. The van der Waals surface area contributed by atoms with Crippen LogP contribution in [0, 0.1) is 5.92 Å². The molecule has 0 radical (unpaired) electrons. The summed E-state index contributed by atoms with van der Waals surface area (Å²) in [6, 6.07) is 0.827. The van der Waals surface area contributed by atoms with Crippen LogP contribution in [0.15, 0.2) is 29.2 Å². The highest BCUT2D eigenvalue weighted by Gasteiger charge is 2.54. The van der Waals surface area contributed by atoms with Crippen LogP contribution in [0.5, 0.6) is 0 Å². The first-order chi connectivity index (χ1) is 10.3. The summed E-state index contributed by atoms with van der Waals surface area (Å²) in [5.41, 5.74) is 4.40. The number of nitrogen functional groups attached to an aromatic ring is 1. The highest BCUT2D eigenvalue weighted by Crippen LogP contribution is 2.47. The molecule has 0 aliphatic heterocycles. The lowest BCUT2D eigenvalue weighted by atomic mass is 9.96. The van der Waals surface area contributed by atoms with Gasteiger partial charge < -0.3 is 25.6 Å². The smallest absolute Gasteiger partial charge is 0.261 e. The molecule has 4 atom stereocenters. The maximum absolute atomic E-state index is 11.9. The van der Waals surface area contributed by atoms with Crippen molar-refractivity contribution in [3.8, 4) is 0 Å². The summed E-state index contributed by atoms with van der Waals surface area (Å²) >= 11 is 0. The molecule has 0 bridgehead atoms. The number of aliphatic hydroxyl groups is 3. The van der Waals surface area contributed by atoms with Crippen LogP contribution in [-0.2, 0) is 0 Å². The van der Waals surface area contributed by atoms with Crippen LogP contribution in [0.1, 0.15) is 13.0 Å². The summed E-state index contributed by atoms with van der Waals surface area (Å²) in [6.45, 7) is 5.03. The summed E-state index contributed by atoms with van der Waals surface area (Å²) in [7, 11) is 0. The fourth-order valence-corrected chi connectivity index (χ4v) is 3.30. The van der Waals surface area contributed by atoms with Crippen LogP contribution in [0.4, 0.5) is 5.95 Å². The van der Waals surface area contributed by atoms with Gasteiger partial charge in [0.2, 0.25) is 5.95 Å². The zero-order chi connectivity index (χ0) is 16.2. The molecule has 0 saturated heterocycles. The molecule has 2 heterocycles. The first-order valence-electron chi connectivity index (χ1n) is 6.85. The molecule has 8 heteroatoms. The summed E-state index contributed by atoms with van der Waals surface area (Å²) in [4.78, 5) is 18.4. The van der Waals surface area contributed by atoms with E-state index in [9.17, 15) is 20.1 Å². The van der Waals surface area contributed by atoms with Crippen molar-refractivity contribution >= 4 is 17.0 Å². The quantitative estimate of drug-likeness (QED) is 0.458. The van der Waals surface area contributed by atoms with Gasteiger partial charge in [-0.05, 0) is 18.6 Å². The number of aromatic amines is 1. The molecular weight excluding hydrogens is 288 g/mol. The largest absolute Gasteiger partial charge is 0.396 e. The van der Waals surface area contributed by atoms with Crippen molar-refractivity contribution in [2.45, 2.75) is 24.7 Å². The van der Waals surface area contributed by atoms with Gasteiger partial charge in [-0.3, -0.25) is 9.78 Å². The average Bonchev–Trinajstić information content (AvgIpc) is 2.89. The van der Waals surface area contributed by atoms with Crippen LogP contribution in [0.25, 0.3) is 11.0 Å². The van der Waals surface area contributed by atoms with E-state index in [0.717, 1.165) is 0 Å². The third kappa shape index (κ3) is 1.81. The molecule has 118 valence electrons. The maximum atomic E-state index is 11.9. The van der Waals surface area contributed by atoms with Crippen molar-refractivity contribution < 1.29 is 15.3 Å². The van der Waals surface area contributed by atoms with Crippen molar-refractivity contribution in [3.63, 3.8) is 0 Å². The average molecular weight is 306 g/mol. The zero-order valence-electron chi connectivity index (χ0n) is 12.0. The number of hydrogen-bond donors (Lipinski definition) is 5. The second-order valence-corrected chi connectivity index (χ2v) is 5.85. The number of hydrogen-bond acceptors (Lipinski definition) is 6. The monoisotopic (exact) mass is 306 g/mol. The van der Waals surface area contributed by atoms with E-state index < -0.39 is 23.7 Å². The predicted octanol–water partition coefficient (Wildman–Crippen LogP) is -0.862. The Bertz CT molecular complexity index is 807. The Morgan fingerprint density at radius 3 is 2.86 bits per heavy atom. The number of nitrogens with two attached hydrogens (primary N) is 1. The van der Waals surface area contributed by atoms with Gasteiger partial charge in [-0.2, -0.15) is 4.98 Å². The minimum Gasteiger partial charge on any atom is -0.396 e. The fraction of sp³-hybridized carbons (Fsp3) is 0.429. The van der Waals surface area contributed by atoms with Gasteiger partial charge in [0, 0.05) is 12.1 Å². The van der Waals surface area contributed by atoms with Crippen LogP contribution in [0.2, 0.25) is 0 Å². The molecule has 0 amide bonds. The topological polar surface area (TPSA) is 137 Å². The second kappa shape index (κ2) is 4.67. The molecule has 0 aromatic carbocycles. The van der Waals surface area contributed by atoms with Gasteiger partial charge >= 0.3 is 0 Å². The molecular formula is C14H18N4O4. The van der Waals surface area contributed by atoms with Crippen LogP contribution < -0.4 is 11.3 Å². The molecule has 8 nitrogen and oxygen atoms in total. The highest BCUT2D eigenvalue weighted by molar-refractivity contribution is 5.76. The Kier molecular flexibility index (Phi) is 3.13. The molecule has 22 heavy (non-hydrogen) atoms. The number of H-pyrrole nitrogens is 1. The lowest BCUT2D eigenvalue weighted by molar-refractivity contribution is -0.0775. The number of anilines is 1. The van der Waals surface area contributed by atoms with Gasteiger partial charge in [0.25, 0.3) is 5.56 Å². The SMILES string of the molecule is C=C1C(CO)C(O)[C@@](C)(O)C1n1ccc2c(=O)[nH]c(N)nc21. The van der Waals surface area contributed by atoms with E-state index >= 15 is 0 Å². The van der Waals surface area contributed by atoms with Gasteiger partial charge in [-0.1, -0.05) is 6.58 Å². The van der Waals surface area contributed by atoms with E-state index in [0.29, 0.717) is 16.6 Å². The molecule has 1 saturated carbocycles. The maximum Gasteiger partial charge on any atom is 0.261 e. The van der Waals surface area contributed by atoms with Gasteiger partial charge in [0.05, 0.1) is 24.1 Å². The fourth-order valence-electron chi connectivity index (χ4n) is 3.30. The van der Waals surface area contributed by atoms with E-state index in [1.807, 2.05) is 0 Å². The van der Waals surface area contributed by atoms with Gasteiger partial charge in [0.1, 0.15) is 11.2 Å². The molecule has 1 aliphatic rings. The van der Waals surface area contributed by atoms with Crippen LogP contribution >= 0.6 is 0 Å².